The Hall–Kier alpha value is -3.65. The lowest BCUT2D eigenvalue weighted by molar-refractivity contribution is -0.117. The van der Waals surface area contributed by atoms with Gasteiger partial charge in [-0.3, -0.25) is 4.98 Å². The predicted molar refractivity (Wildman–Crippen MR) is 146 cm³/mol. The van der Waals surface area contributed by atoms with Gasteiger partial charge in [0, 0.05) is 29.9 Å². The summed E-state index contributed by atoms with van der Waals surface area (Å²) < 4.78 is 13.3. The Balaban J connectivity index is 1.54. The summed E-state index contributed by atoms with van der Waals surface area (Å²) in [5.41, 5.74) is 11.7. The Morgan fingerprint density at radius 2 is 1.89 bits per heavy atom. The molecule has 2 N–H and O–H groups in total. The molecule has 0 fully saturated rings. The number of pyridine rings is 1. The van der Waals surface area contributed by atoms with Crippen LogP contribution >= 0.6 is 11.6 Å². The number of nitrogens with two attached hydrogens (primary N) is 1. The quantitative estimate of drug-likeness (QED) is 0.212. The number of ketones is 1. The van der Waals surface area contributed by atoms with E-state index < -0.39 is 0 Å². The van der Waals surface area contributed by atoms with Gasteiger partial charge in [-0.2, -0.15) is 4.98 Å². The van der Waals surface area contributed by atoms with Crippen LogP contribution < -0.4 is 15.2 Å². The minimum Gasteiger partial charge on any atom is -0.496 e. The molecule has 0 unspecified atom stereocenters. The summed E-state index contributed by atoms with van der Waals surface area (Å²) in [6, 6.07) is 8.04. The molecular weight excluding hydrogens is 490 g/mol. The summed E-state index contributed by atoms with van der Waals surface area (Å²) in [7, 11) is 1.67. The molecule has 4 rings (SSSR count). The predicted octanol–water partition coefficient (Wildman–Crippen LogP) is 5.27. The number of halogens is 1. The van der Waals surface area contributed by atoms with Crippen LogP contribution in [-0.2, 0) is 24.2 Å². The molecule has 0 saturated heterocycles. The number of anilines is 1. The zero-order chi connectivity index (χ0) is 26.5. The van der Waals surface area contributed by atoms with Crippen LogP contribution in [-0.4, -0.2) is 39.0 Å². The number of methoxy groups -OCH3 is 1. The van der Waals surface area contributed by atoms with Crippen molar-refractivity contribution in [3.63, 3.8) is 0 Å². The highest BCUT2D eigenvalue weighted by Gasteiger charge is 2.18. The Morgan fingerprint density at radius 3 is 2.59 bits per heavy atom. The third-order valence-electron chi connectivity index (χ3n) is 6.39. The number of aryl methyl sites for hydroxylation is 3. The van der Waals surface area contributed by atoms with E-state index in [-0.39, 0.29) is 11.7 Å². The van der Waals surface area contributed by atoms with E-state index >= 15 is 0 Å². The number of fused-ring (bicyclic) bond motifs is 1. The van der Waals surface area contributed by atoms with Crippen LogP contribution in [0.5, 0.6) is 11.5 Å². The maximum absolute atomic E-state index is 11.1. The second-order valence-electron chi connectivity index (χ2n) is 9.20. The van der Waals surface area contributed by atoms with E-state index in [4.69, 9.17) is 26.8 Å². The second-order valence-corrected chi connectivity index (χ2v) is 9.56. The number of hydrogen-bond acceptors (Lipinski definition) is 7. The van der Waals surface area contributed by atoms with E-state index in [0.29, 0.717) is 30.4 Å². The fourth-order valence-electron chi connectivity index (χ4n) is 4.48. The Labute approximate surface area is 221 Å². The second kappa shape index (κ2) is 11.6. The molecule has 0 atom stereocenters. The summed E-state index contributed by atoms with van der Waals surface area (Å²) >= 11 is 6.55. The Bertz CT molecular complexity index is 1420. The molecular formula is C28H32ClN5O3. The van der Waals surface area contributed by atoms with Crippen LogP contribution in [0, 0.1) is 13.8 Å². The molecule has 8 nitrogen and oxygen atoms in total. The average molecular weight is 522 g/mol. The summed E-state index contributed by atoms with van der Waals surface area (Å²) in [5.74, 6) is 1.94. The van der Waals surface area contributed by atoms with Gasteiger partial charge in [0.15, 0.2) is 0 Å². The minimum atomic E-state index is 0.133. The van der Waals surface area contributed by atoms with E-state index in [1.165, 1.54) is 5.56 Å². The molecule has 0 radical (unpaired) electrons. The molecule has 0 amide bonds. The lowest BCUT2D eigenvalue weighted by Gasteiger charge is -2.13. The number of Topliss-reactive ketones (excluding diaryl/α,β-unsaturated/α-hetero) is 1. The van der Waals surface area contributed by atoms with E-state index in [1.54, 1.807) is 14.0 Å². The third kappa shape index (κ3) is 6.20. The summed E-state index contributed by atoms with van der Waals surface area (Å²) in [6.07, 6.45) is 6.69. The van der Waals surface area contributed by atoms with E-state index in [1.807, 2.05) is 36.7 Å². The van der Waals surface area contributed by atoms with Gasteiger partial charge in [0.2, 0.25) is 5.95 Å². The normalized spacial score (nSPS) is 11.2. The lowest BCUT2D eigenvalue weighted by atomic mass is 10.0. The fourth-order valence-corrected chi connectivity index (χ4v) is 4.77. The van der Waals surface area contributed by atoms with Gasteiger partial charge < -0.3 is 24.6 Å². The molecule has 0 aliphatic heterocycles. The van der Waals surface area contributed by atoms with Crippen molar-refractivity contribution in [2.24, 2.45) is 0 Å². The van der Waals surface area contributed by atoms with Crippen molar-refractivity contribution in [1.82, 2.24) is 19.5 Å². The highest BCUT2D eigenvalue weighted by atomic mass is 35.5. The standard InChI is InChI=1S/C28H32ClN5O3/c1-17-14-31-23(19(3)25(17)36-4)16-34-15-21(24-26(29)32-28(30)33-27(24)34)10-7-20-8-11-22(12-9-20)37-13-5-6-18(2)35/h8-9,11-12,14-15H,5-7,10,13,16H2,1-4H3,(H2,30,32,33). The first-order valence-corrected chi connectivity index (χ1v) is 12.7. The van der Waals surface area contributed by atoms with Gasteiger partial charge in [-0.05, 0) is 63.3 Å². The molecule has 4 aromatic rings. The zero-order valence-corrected chi connectivity index (χ0v) is 22.4. The van der Waals surface area contributed by atoms with Crippen LogP contribution in [0.25, 0.3) is 11.0 Å². The van der Waals surface area contributed by atoms with E-state index in [0.717, 1.165) is 58.5 Å². The van der Waals surface area contributed by atoms with Crippen LogP contribution in [0.3, 0.4) is 0 Å². The number of rotatable bonds is 11. The summed E-state index contributed by atoms with van der Waals surface area (Å²) in [6.45, 7) is 6.61. The molecule has 37 heavy (non-hydrogen) atoms. The molecule has 3 aromatic heterocycles. The highest BCUT2D eigenvalue weighted by Crippen LogP contribution is 2.30. The van der Waals surface area contributed by atoms with Crippen molar-refractivity contribution in [1.29, 1.82) is 0 Å². The van der Waals surface area contributed by atoms with Gasteiger partial charge in [-0.1, -0.05) is 23.7 Å². The molecule has 0 aliphatic carbocycles. The van der Waals surface area contributed by atoms with E-state index in [2.05, 4.69) is 33.3 Å². The smallest absolute Gasteiger partial charge is 0.223 e. The lowest BCUT2D eigenvalue weighted by Crippen LogP contribution is -2.07. The van der Waals surface area contributed by atoms with Crippen LogP contribution in [0.1, 0.15) is 47.7 Å². The maximum Gasteiger partial charge on any atom is 0.223 e. The van der Waals surface area contributed by atoms with Crippen LogP contribution in [0.2, 0.25) is 5.15 Å². The van der Waals surface area contributed by atoms with Crippen LogP contribution in [0.4, 0.5) is 5.95 Å². The number of aromatic nitrogens is 4. The number of benzene rings is 1. The van der Waals surface area contributed by atoms with Crippen molar-refractivity contribution < 1.29 is 14.3 Å². The number of nitrogen functional groups attached to an aromatic ring is 1. The van der Waals surface area contributed by atoms with Crippen molar-refractivity contribution in [2.45, 2.75) is 53.0 Å². The Kier molecular flexibility index (Phi) is 8.28. The van der Waals surface area contributed by atoms with Crippen molar-refractivity contribution >= 4 is 34.4 Å². The third-order valence-corrected chi connectivity index (χ3v) is 6.66. The molecule has 3 heterocycles. The first-order chi connectivity index (χ1) is 17.8. The molecule has 0 bridgehead atoms. The average Bonchev–Trinajstić information content (AvgIpc) is 3.20. The highest BCUT2D eigenvalue weighted by molar-refractivity contribution is 6.34. The topological polar surface area (TPSA) is 105 Å². The molecule has 9 heteroatoms. The fraction of sp³-hybridized carbons (Fsp3) is 0.357. The molecule has 0 saturated carbocycles. The Morgan fingerprint density at radius 1 is 1.14 bits per heavy atom. The molecule has 1 aromatic carbocycles. The first-order valence-electron chi connectivity index (χ1n) is 12.3. The largest absolute Gasteiger partial charge is 0.496 e. The van der Waals surface area contributed by atoms with Crippen molar-refractivity contribution in [3.8, 4) is 11.5 Å². The number of carbonyl (C=O) groups is 1. The molecule has 0 aliphatic rings. The number of ether oxygens (including phenoxy) is 2. The number of carbonyl (C=O) groups excluding carboxylic acids is 1. The van der Waals surface area contributed by atoms with Gasteiger partial charge in [-0.15, -0.1) is 0 Å². The van der Waals surface area contributed by atoms with Crippen molar-refractivity contribution in [3.05, 3.63) is 69.8 Å². The SMILES string of the molecule is COc1c(C)cnc(Cn2cc(CCc3ccc(OCCCC(C)=O)cc3)c3c(Cl)nc(N)nc32)c1C. The number of nitrogens with zero attached hydrogens (tertiary/aromatic N) is 4. The minimum absolute atomic E-state index is 0.133. The summed E-state index contributed by atoms with van der Waals surface area (Å²) in [4.78, 5) is 24.4. The van der Waals surface area contributed by atoms with Gasteiger partial charge in [0.25, 0.3) is 0 Å². The maximum atomic E-state index is 11.1. The molecule has 194 valence electrons. The van der Waals surface area contributed by atoms with Gasteiger partial charge in [-0.25, -0.2) is 4.98 Å². The van der Waals surface area contributed by atoms with Gasteiger partial charge in [0.1, 0.15) is 28.1 Å². The zero-order valence-electron chi connectivity index (χ0n) is 21.7. The molecule has 0 spiro atoms. The summed E-state index contributed by atoms with van der Waals surface area (Å²) in [5, 5.41) is 1.15. The number of hydrogen-bond donors (Lipinski definition) is 1. The first kappa shape index (κ1) is 26.4. The van der Waals surface area contributed by atoms with Gasteiger partial charge in [0.05, 0.1) is 31.3 Å². The van der Waals surface area contributed by atoms with Crippen molar-refractivity contribution in [2.75, 3.05) is 19.5 Å². The van der Waals surface area contributed by atoms with Gasteiger partial charge >= 0.3 is 0 Å². The van der Waals surface area contributed by atoms with E-state index in [9.17, 15) is 4.79 Å². The van der Waals surface area contributed by atoms with Crippen LogP contribution in [0.15, 0.2) is 36.7 Å². The monoisotopic (exact) mass is 521 g/mol.